The first-order valence-electron chi connectivity index (χ1n) is 10.5. The van der Waals surface area contributed by atoms with Crippen LogP contribution in [0, 0.1) is 0 Å². The van der Waals surface area contributed by atoms with Gasteiger partial charge in [0, 0.05) is 10.9 Å². The highest BCUT2D eigenvalue weighted by Gasteiger charge is 2.40. The monoisotopic (exact) mass is 500 g/mol. The van der Waals surface area contributed by atoms with Crippen molar-refractivity contribution in [3.05, 3.63) is 88.4 Å². The Hall–Kier alpha value is -3.98. The first-order valence-corrected chi connectivity index (χ1v) is 10.9. The summed E-state index contributed by atoms with van der Waals surface area (Å²) in [6.45, 7) is -1.43. The molecule has 0 fully saturated rings. The number of alkyl carbamates (subject to hydrolysis) is 1. The molecule has 0 unspecified atom stereocenters. The smallest absolute Gasteiger partial charge is 0.407 e. The number of carbonyl (C=O) groups excluding carboxylic acids is 2. The van der Waals surface area contributed by atoms with Crippen molar-refractivity contribution in [1.29, 1.82) is 0 Å². The van der Waals surface area contributed by atoms with E-state index in [1.165, 1.54) is 6.07 Å². The van der Waals surface area contributed by atoms with Crippen molar-refractivity contribution < 1.29 is 33.0 Å². The Bertz CT molecular complexity index is 1270. The molecule has 0 heterocycles. The zero-order valence-corrected chi connectivity index (χ0v) is 18.8. The second-order valence-corrected chi connectivity index (χ2v) is 8.27. The zero-order chi connectivity index (χ0) is 25.2. The largest absolute Gasteiger partial charge is 0.478 e. The van der Waals surface area contributed by atoms with Crippen molar-refractivity contribution in [3.63, 3.8) is 0 Å². The number of alkyl halides is 2. The van der Waals surface area contributed by atoms with Crippen LogP contribution in [0.4, 0.5) is 19.3 Å². The molecule has 0 atom stereocenters. The van der Waals surface area contributed by atoms with Gasteiger partial charge in [-0.3, -0.25) is 4.79 Å². The van der Waals surface area contributed by atoms with Crippen molar-refractivity contribution in [2.24, 2.45) is 0 Å². The van der Waals surface area contributed by atoms with Crippen molar-refractivity contribution >= 4 is 35.3 Å². The summed E-state index contributed by atoms with van der Waals surface area (Å²) in [5.41, 5.74) is 3.15. The third-order valence-corrected chi connectivity index (χ3v) is 5.83. The summed E-state index contributed by atoms with van der Waals surface area (Å²) in [5.74, 6) is -7.54. The lowest BCUT2D eigenvalue weighted by Crippen LogP contribution is -2.45. The summed E-state index contributed by atoms with van der Waals surface area (Å²) >= 11 is 5.77. The van der Waals surface area contributed by atoms with Gasteiger partial charge in [0.05, 0.1) is 17.8 Å². The molecule has 3 N–H and O–H groups in total. The van der Waals surface area contributed by atoms with Crippen LogP contribution in [-0.2, 0) is 9.53 Å². The average Bonchev–Trinajstić information content (AvgIpc) is 3.15. The summed E-state index contributed by atoms with van der Waals surface area (Å²) in [4.78, 5) is 35.5. The topological polar surface area (TPSA) is 105 Å². The molecule has 1 aliphatic rings. The maximum absolute atomic E-state index is 14.4. The molecule has 2 amide bonds. The molecule has 0 bridgehead atoms. The van der Waals surface area contributed by atoms with Crippen molar-refractivity contribution in [2.75, 3.05) is 18.5 Å². The van der Waals surface area contributed by atoms with E-state index in [0.29, 0.717) is 0 Å². The van der Waals surface area contributed by atoms with E-state index in [9.17, 15) is 23.2 Å². The summed E-state index contributed by atoms with van der Waals surface area (Å²) < 4.78 is 33.9. The molecule has 0 aliphatic heterocycles. The van der Waals surface area contributed by atoms with Crippen molar-refractivity contribution in [2.45, 2.75) is 11.8 Å². The summed E-state index contributed by atoms with van der Waals surface area (Å²) in [7, 11) is 0. The fourth-order valence-electron chi connectivity index (χ4n) is 3.93. The van der Waals surface area contributed by atoms with Crippen LogP contribution in [0.5, 0.6) is 0 Å². The maximum Gasteiger partial charge on any atom is 0.407 e. The summed E-state index contributed by atoms with van der Waals surface area (Å²) in [6, 6.07) is 18.7. The minimum Gasteiger partial charge on any atom is -0.478 e. The van der Waals surface area contributed by atoms with E-state index in [2.05, 4.69) is 0 Å². The predicted molar refractivity (Wildman–Crippen MR) is 125 cm³/mol. The van der Waals surface area contributed by atoms with Gasteiger partial charge < -0.3 is 20.5 Å². The fourth-order valence-corrected chi connectivity index (χ4v) is 4.11. The second-order valence-electron chi connectivity index (χ2n) is 7.83. The molecule has 1 aliphatic carbocycles. The lowest BCUT2D eigenvalue weighted by molar-refractivity contribution is -0.138. The molecule has 3 aromatic rings. The van der Waals surface area contributed by atoms with Crippen LogP contribution in [0.1, 0.15) is 27.4 Å². The van der Waals surface area contributed by atoms with Gasteiger partial charge in [-0.1, -0.05) is 60.1 Å². The van der Waals surface area contributed by atoms with Gasteiger partial charge >= 0.3 is 18.0 Å². The number of hydrogen-bond acceptors (Lipinski definition) is 4. The van der Waals surface area contributed by atoms with Crippen LogP contribution in [0.15, 0.2) is 66.7 Å². The van der Waals surface area contributed by atoms with E-state index in [4.69, 9.17) is 21.4 Å². The van der Waals surface area contributed by atoms with Crippen LogP contribution >= 0.6 is 11.6 Å². The number of benzene rings is 3. The molecule has 180 valence electrons. The molecule has 35 heavy (non-hydrogen) atoms. The Kier molecular flexibility index (Phi) is 6.70. The minimum atomic E-state index is -4.05. The van der Waals surface area contributed by atoms with Crippen molar-refractivity contribution in [3.8, 4) is 11.1 Å². The number of anilines is 1. The van der Waals surface area contributed by atoms with E-state index in [0.717, 1.165) is 34.4 Å². The number of amides is 2. The number of carboxylic acid groups (broad SMARTS) is 1. The SMILES string of the molecule is O=C(NCC(F)(F)C(=O)Nc1cc(Cl)ccc1C(=O)O)OCC1c2ccccc2-c2ccccc21. The van der Waals surface area contributed by atoms with Crippen LogP contribution in [0.3, 0.4) is 0 Å². The number of carboxylic acids is 1. The Morgan fingerprint density at radius 2 is 1.57 bits per heavy atom. The molecule has 3 aromatic carbocycles. The van der Waals surface area contributed by atoms with E-state index in [-0.39, 0.29) is 17.5 Å². The number of ether oxygens (including phenoxy) is 1. The van der Waals surface area contributed by atoms with Crippen molar-refractivity contribution in [1.82, 2.24) is 5.32 Å². The van der Waals surface area contributed by atoms with Gasteiger partial charge in [0.25, 0.3) is 5.91 Å². The first kappa shape index (κ1) is 24.2. The lowest BCUT2D eigenvalue weighted by atomic mass is 9.98. The lowest BCUT2D eigenvalue weighted by Gasteiger charge is -2.18. The highest BCUT2D eigenvalue weighted by Crippen LogP contribution is 2.44. The fraction of sp³-hybridized carbons (Fsp3) is 0.160. The molecule has 0 radical (unpaired) electrons. The van der Waals surface area contributed by atoms with Crippen LogP contribution in [0.2, 0.25) is 5.02 Å². The van der Waals surface area contributed by atoms with Crippen LogP contribution < -0.4 is 10.6 Å². The maximum atomic E-state index is 14.4. The second kappa shape index (κ2) is 9.71. The number of nitrogens with one attached hydrogen (secondary N) is 2. The standard InChI is InChI=1S/C25H19ClF2N2O5/c26-14-9-10-19(22(31)32)21(11-14)30-23(33)25(27,28)13-29-24(34)35-12-20-17-7-3-1-5-15(17)16-6-2-4-8-18(16)20/h1-11,20H,12-13H2,(H,29,34)(H,30,33)(H,31,32). The number of aromatic carboxylic acids is 1. The Morgan fingerprint density at radius 3 is 2.17 bits per heavy atom. The minimum absolute atomic E-state index is 0.0466. The van der Waals surface area contributed by atoms with Crippen LogP contribution in [0.25, 0.3) is 11.1 Å². The highest BCUT2D eigenvalue weighted by molar-refractivity contribution is 6.31. The van der Waals surface area contributed by atoms with Gasteiger partial charge in [0.15, 0.2) is 0 Å². The molecular weight excluding hydrogens is 482 g/mol. The Labute approximate surface area is 203 Å². The highest BCUT2D eigenvalue weighted by atomic mass is 35.5. The summed E-state index contributed by atoms with van der Waals surface area (Å²) in [5, 5.41) is 13.0. The zero-order valence-electron chi connectivity index (χ0n) is 18.1. The Morgan fingerprint density at radius 1 is 0.971 bits per heavy atom. The van der Waals surface area contributed by atoms with Gasteiger partial charge in [0.2, 0.25) is 0 Å². The molecule has 10 heteroatoms. The molecule has 0 saturated carbocycles. The molecule has 0 spiro atoms. The van der Waals surface area contributed by atoms with Crippen LogP contribution in [-0.4, -0.2) is 42.2 Å². The predicted octanol–water partition coefficient (Wildman–Crippen LogP) is 5.15. The first-order chi connectivity index (χ1) is 16.7. The number of carbonyl (C=O) groups is 3. The molecule has 0 saturated heterocycles. The third kappa shape index (κ3) is 5.09. The van der Waals surface area contributed by atoms with Gasteiger partial charge in [-0.15, -0.1) is 0 Å². The van der Waals surface area contributed by atoms with Gasteiger partial charge in [-0.05, 0) is 40.5 Å². The van der Waals surface area contributed by atoms with E-state index >= 15 is 0 Å². The Balaban J connectivity index is 1.36. The van der Waals surface area contributed by atoms with Gasteiger partial charge in [0.1, 0.15) is 6.61 Å². The quantitative estimate of drug-likeness (QED) is 0.416. The molecular formula is C25H19ClF2N2O5. The summed E-state index contributed by atoms with van der Waals surface area (Å²) in [6.07, 6.45) is -1.12. The van der Waals surface area contributed by atoms with E-state index < -0.39 is 41.7 Å². The van der Waals surface area contributed by atoms with Gasteiger partial charge in [-0.2, -0.15) is 8.78 Å². The molecule has 0 aromatic heterocycles. The van der Waals surface area contributed by atoms with Gasteiger partial charge in [-0.25, -0.2) is 9.59 Å². The third-order valence-electron chi connectivity index (χ3n) is 5.59. The molecule has 7 nitrogen and oxygen atoms in total. The number of hydrogen-bond donors (Lipinski definition) is 3. The number of rotatable bonds is 7. The normalized spacial score (nSPS) is 12.4. The van der Waals surface area contributed by atoms with E-state index in [1.807, 2.05) is 59.2 Å². The number of halogens is 3. The number of fused-ring (bicyclic) bond motifs is 3. The molecule has 4 rings (SSSR count). The average molecular weight is 501 g/mol. The van der Waals surface area contributed by atoms with E-state index in [1.54, 1.807) is 0 Å².